The minimum atomic E-state index is -4.29. The van der Waals surface area contributed by atoms with Gasteiger partial charge in [0.1, 0.15) is 0 Å². The highest BCUT2D eigenvalue weighted by molar-refractivity contribution is 5.61. The third-order valence-corrected chi connectivity index (χ3v) is 4.21. The zero-order chi connectivity index (χ0) is 13.7. The number of fused-ring (bicyclic) bond motifs is 1. The Hall–Kier alpha value is -1.19. The van der Waals surface area contributed by atoms with Gasteiger partial charge in [0.2, 0.25) is 0 Å². The highest BCUT2D eigenvalue weighted by Gasteiger charge is 2.42. The first-order valence-corrected chi connectivity index (χ1v) is 6.13. The lowest BCUT2D eigenvalue weighted by molar-refractivity contribution is -0.138. The standard InChI is InChI=1S/C14H18F3N/c1-8-9(2)13(3,4)18-11-7-5-6-10(12(8)11)14(15,16)17/h5-9,18H,1-4H3. The van der Waals surface area contributed by atoms with Gasteiger partial charge in [-0.3, -0.25) is 0 Å². The molecule has 18 heavy (non-hydrogen) atoms. The highest BCUT2D eigenvalue weighted by Crippen LogP contribution is 2.47. The summed E-state index contributed by atoms with van der Waals surface area (Å²) in [5.74, 6) is 0.0163. The molecule has 1 heterocycles. The van der Waals surface area contributed by atoms with E-state index in [1.165, 1.54) is 12.1 Å². The van der Waals surface area contributed by atoms with Crippen LogP contribution in [0, 0.1) is 5.92 Å². The van der Waals surface area contributed by atoms with Crippen molar-refractivity contribution in [3.8, 4) is 0 Å². The average Bonchev–Trinajstić information content (AvgIpc) is 2.23. The minimum absolute atomic E-state index is 0.117. The molecule has 0 bridgehead atoms. The van der Waals surface area contributed by atoms with Gasteiger partial charge in [0.15, 0.2) is 0 Å². The lowest BCUT2D eigenvalue weighted by Gasteiger charge is -2.44. The smallest absolute Gasteiger partial charge is 0.380 e. The predicted octanol–water partition coefficient (Wildman–Crippen LogP) is 4.65. The van der Waals surface area contributed by atoms with Crippen molar-refractivity contribution >= 4 is 5.69 Å². The second-order valence-electron chi connectivity index (χ2n) is 5.69. The molecular formula is C14H18F3N. The van der Waals surface area contributed by atoms with Crippen LogP contribution in [-0.2, 0) is 6.18 Å². The van der Waals surface area contributed by atoms with Crippen LogP contribution in [0.2, 0.25) is 0 Å². The molecule has 0 aliphatic carbocycles. The molecule has 1 aliphatic heterocycles. The molecule has 0 fully saturated rings. The van der Waals surface area contributed by atoms with E-state index in [1.54, 1.807) is 6.07 Å². The molecule has 2 atom stereocenters. The Morgan fingerprint density at radius 1 is 1.17 bits per heavy atom. The van der Waals surface area contributed by atoms with Crippen LogP contribution in [0.25, 0.3) is 0 Å². The third-order valence-electron chi connectivity index (χ3n) is 4.21. The second kappa shape index (κ2) is 3.90. The molecule has 2 unspecified atom stereocenters. The molecule has 0 amide bonds. The van der Waals surface area contributed by atoms with Crippen molar-refractivity contribution in [3.63, 3.8) is 0 Å². The average molecular weight is 257 g/mol. The fourth-order valence-corrected chi connectivity index (χ4v) is 2.75. The van der Waals surface area contributed by atoms with Crippen molar-refractivity contribution in [1.29, 1.82) is 0 Å². The van der Waals surface area contributed by atoms with Crippen LogP contribution in [0.4, 0.5) is 18.9 Å². The van der Waals surface area contributed by atoms with Crippen LogP contribution >= 0.6 is 0 Å². The number of benzene rings is 1. The van der Waals surface area contributed by atoms with Crippen molar-refractivity contribution in [1.82, 2.24) is 0 Å². The summed E-state index contributed by atoms with van der Waals surface area (Å²) in [4.78, 5) is 0. The molecule has 0 spiro atoms. The Morgan fingerprint density at radius 2 is 1.78 bits per heavy atom. The Kier molecular flexibility index (Phi) is 2.87. The summed E-state index contributed by atoms with van der Waals surface area (Å²) in [7, 11) is 0. The number of halogens is 3. The summed E-state index contributed by atoms with van der Waals surface area (Å²) in [6, 6.07) is 4.37. The predicted molar refractivity (Wildman–Crippen MR) is 66.7 cm³/mol. The van der Waals surface area contributed by atoms with Crippen LogP contribution in [-0.4, -0.2) is 5.54 Å². The quantitative estimate of drug-likeness (QED) is 0.713. The number of anilines is 1. The normalized spacial score (nSPS) is 26.4. The summed E-state index contributed by atoms with van der Waals surface area (Å²) >= 11 is 0. The van der Waals surface area contributed by atoms with E-state index in [9.17, 15) is 13.2 Å². The zero-order valence-corrected chi connectivity index (χ0v) is 11.0. The number of hydrogen-bond donors (Lipinski definition) is 1. The van der Waals surface area contributed by atoms with Gasteiger partial charge in [0, 0.05) is 11.2 Å². The lowest BCUT2D eigenvalue weighted by Crippen LogP contribution is -2.44. The lowest BCUT2D eigenvalue weighted by atomic mass is 9.72. The van der Waals surface area contributed by atoms with Gasteiger partial charge in [-0.15, -0.1) is 0 Å². The van der Waals surface area contributed by atoms with Crippen molar-refractivity contribution in [2.24, 2.45) is 5.92 Å². The number of nitrogens with one attached hydrogen (secondary N) is 1. The molecule has 1 aromatic carbocycles. The van der Waals surface area contributed by atoms with Gasteiger partial charge in [-0.2, -0.15) is 13.2 Å². The van der Waals surface area contributed by atoms with E-state index in [-0.39, 0.29) is 17.4 Å². The molecule has 4 heteroatoms. The summed E-state index contributed by atoms with van der Waals surface area (Å²) in [5, 5.41) is 3.23. The van der Waals surface area contributed by atoms with Crippen molar-refractivity contribution in [3.05, 3.63) is 29.3 Å². The van der Waals surface area contributed by atoms with Gasteiger partial charge in [0.05, 0.1) is 5.56 Å². The van der Waals surface area contributed by atoms with E-state index >= 15 is 0 Å². The van der Waals surface area contributed by atoms with Gasteiger partial charge >= 0.3 is 6.18 Å². The van der Waals surface area contributed by atoms with Crippen LogP contribution in [0.1, 0.15) is 44.7 Å². The van der Waals surface area contributed by atoms with E-state index in [1.807, 2.05) is 27.7 Å². The molecule has 0 saturated heterocycles. The summed E-state index contributed by atoms with van der Waals surface area (Å²) in [6.07, 6.45) is -4.29. The van der Waals surface area contributed by atoms with Gasteiger partial charge < -0.3 is 5.32 Å². The molecule has 1 aliphatic rings. The Balaban J connectivity index is 2.61. The number of hydrogen-bond acceptors (Lipinski definition) is 1. The first-order valence-electron chi connectivity index (χ1n) is 6.13. The molecule has 1 nitrogen and oxygen atoms in total. The molecule has 0 aromatic heterocycles. The number of rotatable bonds is 0. The summed E-state index contributed by atoms with van der Waals surface area (Å²) in [6.45, 7) is 7.92. The molecule has 0 saturated carbocycles. The Bertz CT molecular complexity index is 463. The largest absolute Gasteiger partial charge is 0.416 e. The summed E-state index contributed by atoms with van der Waals surface area (Å²) in [5.41, 5.74) is 0.302. The van der Waals surface area contributed by atoms with Gasteiger partial charge in [-0.05, 0) is 43.4 Å². The SMILES string of the molecule is CC1c2c(cccc2C(F)(F)F)NC(C)(C)C1C. The maximum Gasteiger partial charge on any atom is 0.416 e. The van der Waals surface area contributed by atoms with Gasteiger partial charge in [-0.25, -0.2) is 0 Å². The van der Waals surface area contributed by atoms with Crippen molar-refractivity contribution in [2.75, 3.05) is 5.32 Å². The molecule has 0 radical (unpaired) electrons. The molecule has 1 aromatic rings. The minimum Gasteiger partial charge on any atom is -0.380 e. The molecule has 1 N–H and O–H groups in total. The second-order valence-corrected chi connectivity index (χ2v) is 5.69. The van der Waals surface area contributed by atoms with Gasteiger partial charge in [0.25, 0.3) is 0 Å². The maximum atomic E-state index is 13.0. The summed E-state index contributed by atoms with van der Waals surface area (Å²) < 4.78 is 39.1. The fourth-order valence-electron chi connectivity index (χ4n) is 2.75. The third kappa shape index (κ3) is 1.98. The van der Waals surface area contributed by atoms with E-state index in [4.69, 9.17) is 0 Å². The Labute approximate surface area is 105 Å². The van der Waals surface area contributed by atoms with Gasteiger partial charge in [-0.1, -0.05) is 19.9 Å². The molecule has 2 rings (SSSR count). The van der Waals surface area contributed by atoms with E-state index in [0.29, 0.717) is 11.3 Å². The van der Waals surface area contributed by atoms with E-state index in [2.05, 4.69) is 5.32 Å². The zero-order valence-electron chi connectivity index (χ0n) is 11.0. The maximum absolute atomic E-state index is 13.0. The van der Waals surface area contributed by atoms with Crippen molar-refractivity contribution < 1.29 is 13.2 Å². The molecule has 100 valence electrons. The van der Waals surface area contributed by atoms with Crippen molar-refractivity contribution in [2.45, 2.75) is 45.3 Å². The first-order chi connectivity index (χ1) is 8.14. The van der Waals surface area contributed by atoms with Crippen LogP contribution in [0.15, 0.2) is 18.2 Å². The van der Waals surface area contributed by atoms with E-state index in [0.717, 1.165) is 0 Å². The van der Waals surface area contributed by atoms with Crippen LogP contribution in [0.5, 0.6) is 0 Å². The topological polar surface area (TPSA) is 12.0 Å². The highest BCUT2D eigenvalue weighted by atomic mass is 19.4. The molecular weight excluding hydrogens is 239 g/mol. The van der Waals surface area contributed by atoms with Crippen LogP contribution in [0.3, 0.4) is 0 Å². The monoisotopic (exact) mass is 257 g/mol. The Morgan fingerprint density at radius 3 is 2.33 bits per heavy atom. The first kappa shape index (κ1) is 13.2. The fraction of sp³-hybridized carbons (Fsp3) is 0.571. The van der Waals surface area contributed by atoms with E-state index < -0.39 is 11.7 Å². The van der Waals surface area contributed by atoms with Crippen LogP contribution < -0.4 is 5.32 Å². The number of alkyl halides is 3.